The Morgan fingerprint density at radius 3 is 2.33 bits per heavy atom. The van der Waals surface area contributed by atoms with E-state index in [0.29, 0.717) is 0 Å². The molecule has 0 aromatic rings. The third-order valence-corrected chi connectivity index (χ3v) is 1.12. The van der Waals surface area contributed by atoms with Crippen LogP contribution in [0.4, 0.5) is 0 Å². The Kier molecular flexibility index (Phi) is 3.75. The van der Waals surface area contributed by atoms with Crippen molar-refractivity contribution in [3.63, 3.8) is 0 Å². The number of hydrogen-bond donors (Lipinski definition) is 0. The van der Waals surface area contributed by atoms with Crippen LogP contribution in [0.2, 0.25) is 0 Å². The molecule has 12 heavy (non-hydrogen) atoms. The van der Waals surface area contributed by atoms with E-state index < -0.39 is 0 Å². The minimum absolute atomic E-state index is 0.0646. The minimum Gasteiger partial charge on any atom is -0.264 e. The van der Waals surface area contributed by atoms with E-state index in [1.807, 2.05) is 20.8 Å². The monoisotopic (exact) mass is 169 g/mol. The Bertz CT molecular complexity index is 217. The molecule has 0 unspecified atom stereocenters. The predicted octanol–water partition coefficient (Wildman–Crippen LogP) is 1.95. The van der Waals surface area contributed by atoms with Crippen LogP contribution in [0.5, 0.6) is 0 Å². The zero-order valence-corrected chi connectivity index (χ0v) is 8.05. The minimum atomic E-state index is -0.331. The topological polar surface area (TPSA) is 43.1 Å². The molecule has 0 fully saturated rings. The average Bonchev–Trinajstić information content (AvgIpc) is 1.80. The van der Waals surface area contributed by atoms with Crippen LogP contribution in [-0.4, -0.2) is 11.5 Å². The fourth-order valence-electron chi connectivity index (χ4n) is 0.609. The summed E-state index contributed by atoms with van der Waals surface area (Å²) >= 11 is 0. The van der Waals surface area contributed by atoms with Crippen LogP contribution >= 0.6 is 0 Å². The second-order valence-corrected chi connectivity index (χ2v) is 3.94. The van der Waals surface area contributed by atoms with Crippen molar-refractivity contribution in [1.82, 2.24) is 0 Å². The van der Waals surface area contributed by atoms with Crippen LogP contribution in [0.3, 0.4) is 0 Å². The van der Waals surface area contributed by atoms with E-state index in [1.165, 1.54) is 0 Å². The van der Waals surface area contributed by atoms with Gasteiger partial charge in [-0.05, 0) is 27.7 Å². The Balaban J connectivity index is 4.04. The lowest BCUT2D eigenvalue weighted by atomic mass is 9.97. The predicted molar refractivity (Wildman–Crippen MR) is 48.3 cm³/mol. The highest BCUT2D eigenvalue weighted by Gasteiger charge is 2.07. The van der Waals surface area contributed by atoms with Crippen LogP contribution < -0.4 is 0 Å². The van der Waals surface area contributed by atoms with E-state index in [0.717, 1.165) is 0 Å². The molecule has 0 radical (unpaired) electrons. The van der Waals surface area contributed by atoms with Gasteiger partial charge in [0.2, 0.25) is 6.54 Å². The molecule has 0 aromatic carbocycles. The number of rotatable bonds is 2. The summed E-state index contributed by atoms with van der Waals surface area (Å²) in [5.74, 6) is 5.68. The summed E-state index contributed by atoms with van der Waals surface area (Å²) in [6, 6.07) is 0. The first kappa shape index (κ1) is 11.0. The first-order valence-corrected chi connectivity index (χ1v) is 3.96. The summed E-state index contributed by atoms with van der Waals surface area (Å²) in [5.41, 5.74) is -0.0646. The maximum atomic E-state index is 10.1. The fraction of sp³-hybridized carbons (Fsp3) is 0.778. The van der Waals surface area contributed by atoms with Crippen molar-refractivity contribution in [3.05, 3.63) is 10.1 Å². The van der Waals surface area contributed by atoms with Crippen LogP contribution in [-0.2, 0) is 0 Å². The lowest BCUT2D eigenvalue weighted by Gasteiger charge is -2.07. The first-order chi connectivity index (χ1) is 5.31. The Morgan fingerprint density at radius 1 is 1.50 bits per heavy atom. The Hall–Kier alpha value is -1.04. The van der Waals surface area contributed by atoms with Gasteiger partial charge in [0.05, 0.1) is 5.92 Å². The Morgan fingerprint density at radius 2 is 2.00 bits per heavy atom. The number of hydrogen-bond acceptors (Lipinski definition) is 2. The van der Waals surface area contributed by atoms with Gasteiger partial charge in [-0.3, -0.25) is 10.1 Å². The lowest BCUT2D eigenvalue weighted by molar-refractivity contribution is -0.484. The average molecular weight is 169 g/mol. The highest BCUT2D eigenvalue weighted by Crippen LogP contribution is 2.10. The molecule has 0 aliphatic rings. The van der Waals surface area contributed by atoms with Crippen LogP contribution in [0.15, 0.2) is 0 Å². The second-order valence-electron chi connectivity index (χ2n) is 3.94. The molecule has 0 bridgehead atoms. The van der Waals surface area contributed by atoms with E-state index in [-0.39, 0.29) is 22.8 Å². The molecule has 0 aliphatic heterocycles. The summed E-state index contributed by atoms with van der Waals surface area (Å²) in [4.78, 5) is 9.74. The van der Waals surface area contributed by atoms with Gasteiger partial charge >= 0.3 is 0 Å². The molecule has 0 amide bonds. The smallest absolute Gasteiger partial charge is 0.217 e. The molecular weight excluding hydrogens is 154 g/mol. The molecule has 68 valence electrons. The van der Waals surface area contributed by atoms with E-state index in [2.05, 4.69) is 11.8 Å². The molecule has 0 spiro atoms. The molecular formula is C9H15NO2. The largest absolute Gasteiger partial charge is 0.264 e. The number of nitrogens with zero attached hydrogens (tertiary/aromatic N) is 1. The highest BCUT2D eigenvalue weighted by atomic mass is 16.6. The summed E-state index contributed by atoms with van der Waals surface area (Å²) in [6.07, 6.45) is 0. The van der Waals surface area contributed by atoms with Gasteiger partial charge in [-0.25, -0.2) is 0 Å². The van der Waals surface area contributed by atoms with E-state index in [1.54, 1.807) is 6.92 Å². The molecule has 0 aliphatic carbocycles. The fourth-order valence-corrected chi connectivity index (χ4v) is 0.609. The van der Waals surface area contributed by atoms with Gasteiger partial charge in [0.15, 0.2) is 0 Å². The summed E-state index contributed by atoms with van der Waals surface area (Å²) < 4.78 is 0. The van der Waals surface area contributed by atoms with Crippen molar-refractivity contribution in [1.29, 1.82) is 0 Å². The normalized spacial score (nSPS) is 13.0. The molecule has 0 heterocycles. The Labute approximate surface area is 73.3 Å². The third kappa shape index (κ3) is 7.07. The lowest BCUT2D eigenvalue weighted by Crippen LogP contribution is -2.10. The molecule has 3 heteroatoms. The van der Waals surface area contributed by atoms with Gasteiger partial charge in [0.1, 0.15) is 0 Å². The SMILES string of the molecule is C[C@@H](C#CC(C)(C)C)C[N+](=O)[O-]. The van der Waals surface area contributed by atoms with E-state index in [9.17, 15) is 10.1 Å². The van der Waals surface area contributed by atoms with Crippen molar-refractivity contribution >= 4 is 0 Å². The highest BCUT2D eigenvalue weighted by molar-refractivity contribution is 5.09. The second kappa shape index (κ2) is 4.10. The molecule has 0 rings (SSSR count). The van der Waals surface area contributed by atoms with E-state index >= 15 is 0 Å². The maximum Gasteiger partial charge on any atom is 0.217 e. The van der Waals surface area contributed by atoms with Crippen molar-refractivity contribution in [3.8, 4) is 11.8 Å². The van der Waals surface area contributed by atoms with Gasteiger partial charge in [-0.2, -0.15) is 0 Å². The summed E-state index contributed by atoms with van der Waals surface area (Å²) in [6.45, 7) is 7.65. The van der Waals surface area contributed by atoms with Gasteiger partial charge in [0.25, 0.3) is 0 Å². The van der Waals surface area contributed by atoms with Crippen molar-refractivity contribution in [2.24, 2.45) is 11.3 Å². The van der Waals surface area contributed by atoms with Crippen molar-refractivity contribution in [2.45, 2.75) is 27.7 Å². The summed E-state index contributed by atoms with van der Waals surface area (Å²) in [7, 11) is 0. The van der Waals surface area contributed by atoms with Gasteiger partial charge in [-0.1, -0.05) is 11.8 Å². The van der Waals surface area contributed by atoms with Gasteiger partial charge < -0.3 is 0 Å². The standard InChI is InChI=1S/C9H15NO2/c1-8(7-10(11)12)5-6-9(2,3)4/h8H,7H2,1-4H3/t8-/m0/s1. The van der Waals surface area contributed by atoms with Crippen LogP contribution in [0.1, 0.15) is 27.7 Å². The maximum absolute atomic E-state index is 10.1. The van der Waals surface area contributed by atoms with Crippen LogP contribution in [0, 0.1) is 33.3 Å². The van der Waals surface area contributed by atoms with Gasteiger partial charge in [-0.15, -0.1) is 0 Å². The molecule has 0 aromatic heterocycles. The first-order valence-electron chi connectivity index (χ1n) is 3.96. The summed E-state index contributed by atoms with van der Waals surface area (Å²) in [5, 5.41) is 10.1. The zero-order chi connectivity index (χ0) is 9.78. The molecule has 3 nitrogen and oxygen atoms in total. The molecule has 0 saturated carbocycles. The molecule has 1 atom stereocenters. The quantitative estimate of drug-likeness (QED) is 0.360. The zero-order valence-electron chi connectivity index (χ0n) is 8.05. The van der Waals surface area contributed by atoms with Crippen molar-refractivity contribution in [2.75, 3.05) is 6.54 Å². The van der Waals surface area contributed by atoms with Gasteiger partial charge in [0, 0.05) is 10.3 Å². The van der Waals surface area contributed by atoms with Crippen LogP contribution in [0.25, 0.3) is 0 Å². The molecule has 0 saturated heterocycles. The van der Waals surface area contributed by atoms with Crippen molar-refractivity contribution < 1.29 is 4.92 Å². The third-order valence-electron chi connectivity index (χ3n) is 1.12. The van der Waals surface area contributed by atoms with E-state index in [4.69, 9.17) is 0 Å². The number of nitro groups is 1. The molecule has 0 N–H and O–H groups in total.